The highest BCUT2D eigenvalue weighted by Crippen LogP contribution is 2.37. The lowest BCUT2D eigenvalue weighted by atomic mass is 9.95. The Labute approximate surface area is 112 Å². The molecule has 2 fully saturated rings. The zero-order chi connectivity index (χ0) is 12.7. The molecule has 1 aromatic rings. The van der Waals surface area contributed by atoms with Gasteiger partial charge in [-0.05, 0) is 25.2 Å². The fraction of sp³-hybridized carbons (Fsp3) is 0.692. The van der Waals surface area contributed by atoms with Crippen LogP contribution in [-0.2, 0) is 4.74 Å². The SMILES string of the molecule is CC(C)c1c(Cl)ncnc1NC1CC2CCC1O2. The first-order valence-electron chi connectivity index (χ1n) is 6.57. The Morgan fingerprint density at radius 1 is 1.39 bits per heavy atom. The van der Waals surface area contributed by atoms with Crippen LogP contribution < -0.4 is 5.32 Å². The van der Waals surface area contributed by atoms with Gasteiger partial charge in [0.05, 0.1) is 18.2 Å². The first-order chi connectivity index (χ1) is 8.65. The molecular weight excluding hydrogens is 250 g/mol. The van der Waals surface area contributed by atoms with Crippen molar-refractivity contribution in [3.8, 4) is 0 Å². The molecule has 0 amide bonds. The summed E-state index contributed by atoms with van der Waals surface area (Å²) in [5, 5.41) is 4.05. The molecule has 0 aliphatic carbocycles. The van der Waals surface area contributed by atoms with Gasteiger partial charge in [0.25, 0.3) is 0 Å². The van der Waals surface area contributed by atoms with Gasteiger partial charge in [0, 0.05) is 5.56 Å². The summed E-state index contributed by atoms with van der Waals surface area (Å²) in [5.74, 6) is 1.17. The molecule has 2 aliphatic rings. The minimum absolute atomic E-state index is 0.306. The Bertz CT molecular complexity index is 452. The molecule has 0 saturated carbocycles. The molecule has 18 heavy (non-hydrogen) atoms. The van der Waals surface area contributed by atoms with Crippen LogP contribution in [0.2, 0.25) is 5.15 Å². The standard InChI is InChI=1S/C13H18ClN3O/c1-7(2)11-12(14)15-6-16-13(11)17-9-5-8-3-4-10(9)18-8/h6-10H,3-5H2,1-2H3,(H,15,16,17). The molecule has 5 heteroatoms. The van der Waals surface area contributed by atoms with Gasteiger partial charge in [-0.25, -0.2) is 9.97 Å². The fourth-order valence-electron chi connectivity index (χ4n) is 2.97. The van der Waals surface area contributed by atoms with Crippen LogP contribution in [0.1, 0.15) is 44.6 Å². The number of hydrogen-bond acceptors (Lipinski definition) is 4. The maximum Gasteiger partial charge on any atom is 0.138 e. The molecule has 4 nitrogen and oxygen atoms in total. The van der Waals surface area contributed by atoms with Gasteiger partial charge < -0.3 is 10.1 Å². The van der Waals surface area contributed by atoms with E-state index in [4.69, 9.17) is 16.3 Å². The third-order valence-electron chi connectivity index (χ3n) is 3.84. The van der Waals surface area contributed by atoms with E-state index >= 15 is 0 Å². The summed E-state index contributed by atoms with van der Waals surface area (Å²) < 4.78 is 5.85. The Hall–Kier alpha value is -0.870. The van der Waals surface area contributed by atoms with E-state index in [0.29, 0.717) is 29.3 Å². The molecule has 98 valence electrons. The number of aromatic nitrogens is 2. The second kappa shape index (κ2) is 4.67. The lowest BCUT2D eigenvalue weighted by molar-refractivity contribution is 0.102. The van der Waals surface area contributed by atoms with E-state index in [-0.39, 0.29) is 0 Å². The van der Waals surface area contributed by atoms with Crippen molar-refractivity contribution in [1.29, 1.82) is 0 Å². The number of rotatable bonds is 3. The molecular formula is C13H18ClN3O. The monoisotopic (exact) mass is 267 g/mol. The second-order valence-electron chi connectivity index (χ2n) is 5.44. The number of nitrogens with one attached hydrogen (secondary N) is 1. The summed E-state index contributed by atoms with van der Waals surface area (Å²) in [6.45, 7) is 4.21. The van der Waals surface area contributed by atoms with Crippen LogP contribution in [0.4, 0.5) is 5.82 Å². The smallest absolute Gasteiger partial charge is 0.138 e. The average Bonchev–Trinajstić information content (AvgIpc) is 2.90. The molecule has 1 N–H and O–H groups in total. The Balaban J connectivity index is 1.82. The summed E-state index contributed by atoms with van der Waals surface area (Å²) in [5.41, 5.74) is 1.00. The topological polar surface area (TPSA) is 47.0 Å². The summed E-state index contributed by atoms with van der Waals surface area (Å²) in [6.07, 6.45) is 5.72. The molecule has 2 saturated heterocycles. The zero-order valence-electron chi connectivity index (χ0n) is 10.7. The highest BCUT2D eigenvalue weighted by Gasteiger charge is 2.41. The number of ether oxygens (including phenoxy) is 1. The van der Waals surface area contributed by atoms with E-state index < -0.39 is 0 Å². The van der Waals surface area contributed by atoms with Gasteiger partial charge in [-0.3, -0.25) is 0 Å². The quantitative estimate of drug-likeness (QED) is 0.856. The normalized spacial score (nSPS) is 30.1. The van der Waals surface area contributed by atoms with Crippen molar-refractivity contribution in [2.45, 2.75) is 57.3 Å². The number of fused-ring (bicyclic) bond motifs is 2. The maximum absolute atomic E-state index is 6.17. The molecule has 2 aliphatic heterocycles. The first-order valence-corrected chi connectivity index (χ1v) is 6.95. The highest BCUT2D eigenvalue weighted by atomic mass is 35.5. The van der Waals surface area contributed by atoms with E-state index in [1.54, 1.807) is 0 Å². The second-order valence-corrected chi connectivity index (χ2v) is 5.80. The first kappa shape index (κ1) is 12.2. The largest absolute Gasteiger partial charge is 0.373 e. The zero-order valence-corrected chi connectivity index (χ0v) is 11.4. The van der Waals surface area contributed by atoms with Crippen molar-refractivity contribution >= 4 is 17.4 Å². The van der Waals surface area contributed by atoms with E-state index in [0.717, 1.165) is 24.2 Å². The van der Waals surface area contributed by atoms with Crippen LogP contribution in [0.3, 0.4) is 0 Å². The van der Waals surface area contributed by atoms with Crippen LogP contribution >= 0.6 is 11.6 Å². The van der Waals surface area contributed by atoms with Crippen molar-refractivity contribution in [2.24, 2.45) is 0 Å². The van der Waals surface area contributed by atoms with E-state index in [2.05, 4.69) is 29.1 Å². The van der Waals surface area contributed by atoms with Gasteiger partial charge in [0.2, 0.25) is 0 Å². The number of nitrogens with zero attached hydrogens (tertiary/aromatic N) is 2. The van der Waals surface area contributed by atoms with Gasteiger partial charge in [-0.15, -0.1) is 0 Å². The van der Waals surface area contributed by atoms with Gasteiger partial charge in [0.15, 0.2) is 0 Å². The van der Waals surface area contributed by atoms with Crippen molar-refractivity contribution in [2.75, 3.05) is 5.32 Å². The fourth-order valence-corrected chi connectivity index (χ4v) is 3.32. The molecule has 3 heterocycles. The van der Waals surface area contributed by atoms with Crippen molar-refractivity contribution in [3.05, 3.63) is 17.0 Å². The third-order valence-corrected chi connectivity index (χ3v) is 4.14. The molecule has 2 bridgehead atoms. The Morgan fingerprint density at radius 2 is 2.22 bits per heavy atom. The molecule has 1 aromatic heterocycles. The van der Waals surface area contributed by atoms with Crippen molar-refractivity contribution in [3.63, 3.8) is 0 Å². The predicted octanol–water partition coefficient (Wildman–Crippen LogP) is 2.99. The summed E-state index contributed by atoms with van der Waals surface area (Å²) in [6, 6.07) is 0.368. The lowest BCUT2D eigenvalue weighted by Crippen LogP contribution is -2.31. The molecule has 0 spiro atoms. The van der Waals surface area contributed by atoms with Gasteiger partial charge in [-0.1, -0.05) is 25.4 Å². The molecule has 3 unspecified atom stereocenters. The number of anilines is 1. The van der Waals surface area contributed by atoms with Crippen LogP contribution in [0, 0.1) is 0 Å². The third kappa shape index (κ3) is 2.08. The van der Waals surface area contributed by atoms with Crippen LogP contribution in [0.25, 0.3) is 0 Å². The van der Waals surface area contributed by atoms with Crippen LogP contribution in [0.15, 0.2) is 6.33 Å². The highest BCUT2D eigenvalue weighted by molar-refractivity contribution is 6.30. The van der Waals surface area contributed by atoms with Gasteiger partial charge >= 0.3 is 0 Å². The minimum Gasteiger partial charge on any atom is -0.373 e. The summed E-state index contributed by atoms with van der Waals surface area (Å²) in [4.78, 5) is 8.41. The predicted molar refractivity (Wildman–Crippen MR) is 71.1 cm³/mol. The van der Waals surface area contributed by atoms with E-state index in [1.165, 1.54) is 12.7 Å². The number of halogens is 1. The van der Waals surface area contributed by atoms with Crippen LogP contribution in [0.5, 0.6) is 0 Å². The molecule has 0 aromatic carbocycles. The molecule has 3 atom stereocenters. The molecule has 3 rings (SSSR count). The minimum atomic E-state index is 0.306. The average molecular weight is 268 g/mol. The van der Waals surface area contributed by atoms with Gasteiger partial charge in [-0.2, -0.15) is 0 Å². The Morgan fingerprint density at radius 3 is 2.83 bits per heavy atom. The van der Waals surface area contributed by atoms with E-state index in [9.17, 15) is 0 Å². The molecule has 0 radical (unpaired) electrons. The van der Waals surface area contributed by atoms with Crippen molar-refractivity contribution in [1.82, 2.24) is 9.97 Å². The van der Waals surface area contributed by atoms with Crippen LogP contribution in [-0.4, -0.2) is 28.2 Å². The maximum atomic E-state index is 6.17. The lowest BCUT2D eigenvalue weighted by Gasteiger charge is -2.23. The van der Waals surface area contributed by atoms with Crippen molar-refractivity contribution < 1.29 is 4.74 Å². The Kier molecular flexibility index (Phi) is 3.16. The van der Waals surface area contributed by atoms with Gasteiger partial charge in [0.1, 0.15) is 17.3 Å². The number of hydrogen-bond donors (Lipinski definition) is 1. The van der Waals surface area contributed by atoms with E-state index in [1.807, 2.05) is 0 Å². The summed E-state index contributed by atoms with van der Waals surface area (Å²) >= 11 is 6.17. The summed E-state index contributed by atoms with van der Waals surface area (Å²) in [7, 11) is 0.